The van der Waals surface area contributed by atoms with E-state index in [1.54, 1.807) is 0 Å². The number of aryl methyl sites for hydroxylation is 1. The fourth-order valence-electron chi connectivity index (χ4n) is 2.80. The standard InChI is InChI=1S/C17H20FN3O/c1-11-3-4-14(19)9-15(11)13-7-16(18)20-17(8-13)21-5-6-22-10-12(21)2/h3-4,7-9,12H,5-6,10,19H2,1-2H3. The average molecular weight is 301 g/mol. The molecule has 1 unspecified atom stereocenters. The Balaban J connectivity index is 2.04. The second-order valence-corrected chi connectivity index (χ2v) is 5.73. The van der Waals surface area contributed by atoms with Crippen molar-refractivity contribution in [2.75, 3.05) is 30.4 Å². The second-order valence-electron chi connectivity index (χ2n) is 5.73. The predicted molar refractivity (Wildman–Crippen MR) is 86.4 cm³/mol. The summed E-state index contributed by atoms with van der Waals surface area (Å²) in [6.45, 7) is 6.02. The van der Waals surface area contributed by atoms with E-state index >= 15 is 0 Å². The van der Waals surface area contributed by atoms with E-state index in [1.807, 2.05) is 31.2 Å². The van der Waals surface area contributed by atoms with Crippen LogP contribution in [0.15, 0.2) is 30.3 Å². The summed E-state index contributed by atoms with van der Waals surface area (Å²) in [7, 11) is 0. The number of rotatable bonds is 2. The highest BCUT2D eigenvalue weighted by Crippen LogP contribution is 2.29. The third-order valence-corrected chi connectivity index (χ3v) is 4.02. The Morgan fingerprint density at radius 1 is 1.32 bits per heavy atom. The van der Waals surface area contributed by atoms with Crippen LogP contribution in [0.25, 0.3) is 11.1 Å². The fraction of sp³-hybridized carbons (Fsp3) is 0.353. The normalized spacial score (nSPS) is 18.5. The van der Waals surface area contributed by atoms with Crippen molar-refractivity contribution < 1.29 is 9.13 Å². The van der Waals surface area contributed by atoms with E-state index in [0.717, 1.165) is 16.7 Å². The van der Waals surface area contributed by atoms with Gasteiger partial charge in [-0.2, -0.15) is 4.39 Å². The number of halogens is 1. The summed E-state index contributed by atoms with van der Waals surface area (Å²) < 4.78 is 19.5. The van der Waals surface area contributed by atoms with Gasteiger partial charge in [-0.3, -0.25) is 0 Å². The number of nitrogen functional groups attached to an aromatic ring is 1. The van der Waals surface area contributed by atoms with Gasteiger partial charge in [0, 0.05) is 18.3 Å². The number of hydrogen-bond donors (Lipinski definition) is 1. The lowest BCUT2D eigenvalue weighted by Gasteiger charge is -2.34. The van der Waals surface area contributed by atoms with Crippen LogP contribution in [-0.4, -0.2) is 30.8 Å². The first-order chi connectivity index (χ1) is 10.5. The van der Waals surface area contributed by atoms with Gasteiger partial charge >= 0.3 is 0 Å². The second kappa shape index (κ2) is 5.93. The number of nitrogens with two attached hydrogens (primary N) is 1. The largest absolute Gasteiger partial charge is 0.399 e. The smallest absolute Gasteiger partial charge is 0.215 e. The maximum atomic E-state index is 14.0. The molecule has 1 aromatic carbocycles. The number of anilines is 2. The van der Waals surface area contributed by atoms with E-state index < -0.39 is 5.95 Å². The Morgan fingerprint density at radius 2 is 2.14 bits per heavy atom. The number of benzene rings is 1. The van der Waals surface area contributed by atoms with Crippen LogP contribution < -0.4 is 10.6 Å². The van der Waals surface area contributed by atoms with E-state index in [1.165, 1.54) is 6.07 Å². The first kappa shape index (κ1) is 14.8. The zero-order chi connectivity index (χ0) is 15.7. The zero-order valence-corrected chi connectivity index (χ0v) is 12.8. The van der Waals surface area contributed by atoms with Crippen LogP contribution in [0.1, 0.15) is 12.5 Å². The Labute approximate surface area is 129 Å². The molecule has 2 N–H and O–H groups in total. The van der Waals surface area contributed by atoms with Crippen LogP contribution >= 0.6 is 0 Å². The molecule has 5 heteroatoms. The van der Waals surface area contributed by atoms with Crippen molar-refractivity contribution in [1.82, 2.24) is 4.98 Å². The molecule has 2 heterocycles. The minimum Gasteiger partial charge on any atom is -0.399 e. The van der Waals surface area contributed by atoms with Crippen molar-refractivity contribution >= 4 is 11.5 Å². The molecule has 116 valence electrons. The molecule has 4 nitrogen and oxygen atoms in total. The van der Waals surface area contributed by atoms with Gasteiger partial charge in [-0.05, 0) is 48.7 Å². The first-order valence-corrected chi connectivity index (χ1v) is 7.43. The summed E-state index contributed by atoms with van der Waals surface area (Å²) in [5, 5.41) is 0. The molecule has 22 heavy (non-hydrogen) atoms. The Bertz CT molecular complexity index is 690. The molecular formula is C17H20FN3O. The van der Waals surface area contributed by atoms with Crippen LogP contribution in [0.4, 0.5) is 15.9 Å². The van der Waals surface area contributed by atoms with Crippen molar-refractivity contribution in [1.29, 1.82) is 0 Å². The first-order valence-electron chi connectivity index (χ1n) is 7.43. The number of aromatic nitrogens is 1. The summed E-state index contributed by atoms with van der Waals surface area (Å²) in [4.78, 5) is 6.14. The molecule has 1 aliphatic rings. The number of pyridine rings is 1. The van der Waals surface area contributed by atoms with Crippen LogP contribution in [0.2, 0.25) is 0 Å². The van der Waals surface area contributed by atoms with Crippen molar-refractivity contribution in [3.05, 3.63) is 41.8 Å². The lowest BCUT2D eigenvalue weighted by atomic mass is 10.0. The summed E-state index contributed by atoms with van der Waals surface area (Å²) in [5.41, 5.74) is 9.32. The topological polar surface area (TPSA) is 51.4 Å². The van der Waals surface area contributed by atoms with Gasteiger partial charge in [-0.1, -0.05) is 6.07 Å². The average Bonchev–Trinajstić information content (AvgIpc) is 2.49. The predicted octanol–water partition coefficient (Wildman–Crippen LogP) is 3.00. The molecule has 2 aromatic rings. The van der Waals surface area contributed by atoms with Gasteiger partial charge in [0.05, 0.1) is 19.3 Å². The number of hydrogen-bond acceptors (Lipinski definition) is 4. The highest BCUT2D eigenvalue weighted by atomic mass is 19.1. The van der Waals surface area contributed by atoms with Gasteiger partial charge < -0.3 is 15.4 Å². The van der Waals surface area contributed by atoms with Gasteiger partial charge in [0.1, 0.15) is 5.82 Å². The van der Waals surface area contributed by atoms with Crippen LogP contribution in [0.5, 0.6) is 0 Å². The summed E-state index contributed by atoms with van der Waals surface area (Å²) >= 11 is 0. The van der Waals surface area contributed by atoms with Crippen molar-refractivity contribution in [3.63, 3.8) is 0 Å². The van der Waals surface area contributed by atoms with E-state index in [9.17, 15) is 4.39 Å². The third-order valence-electron chi connectivity index (χ3n) is 4.02. The molecule has 3 rings (SSSR count). The molecule has 0 saturated carbocycles. The molecule has 1 aliphatic heterocycles. The monoisotopic (exact) mass is 301 g/mol. The quantitative estimate of drug-likeness (QED) is 0.684. The molecule has 0 spiro atoms. The van der Waals surface area contributed by atoms with E-state index in [0.29, 0.717) is 31.3 Å². The Kier molecular flexibility index (Phi) is 3.98. The highest BCUT2D eigenvalue weighted by molar-refractivity contribution is 5.73. The van der Waals surface area contributed by atoms with Crippen LogP contribution in [-0.2, 0) is 4.74 Å². The molecule has 1 saturated heterocycles. The highest BCUT2D eigenvalue weighted by Gasteiger charge is 2.21. The third kappa shape index (κ3) is 2.90. The van der Waals surface area contributed by atoms with Crippen LogP contribution in [0.3, 0.4) is 0 Å². The molecular weight excluding hydrogens is 281 g/mol. The Morgan fingerprint density at radius 3 is 2.91 bits per heavy atom. The van der Waals surface area contributed by atoms with Gasteiger partial charge in [0.15, 0.2) is 0 Å². The molecule has 0 aliphatic carbocycles. The fourth-order valence-corrected chi connectivity index (χ4v) is 2.80. The Hall–Kier alpha value is -2.14. The van der Waals surface area contributed by atoms with Gasteiger partial charge in [-0.15, -0.1) is 0 Å². The van der Waals surface area contributed by atoms with Crippen molar-refractivity contribution in [2.45, 2.75) is 19.9 Å². The van der Waals surface area contributed by atoms with Gasteiger partial charge in [0.2, 0.25) is 5.95 Å². The summed E-state index contributed by atoms with van der Waals surface area (Å²) in [6.07, 6.45) is 0. The number of nitrogens with zero attached hydrogens (tertiary/aromatic N) is 2. The van der Waals surface area contributed by atoms with Crippen molar-refractivity contribution in [2.24, 2.45) is 0 Å². The maximum Gasteiger partial charge on any atom is 0.215 e. The lowest BCUT2D eigenvalue weighted by Crippen LogP contribution is -2.44. The van der Waals surface area contributed by atoms with Gasteiger partial charge in [-0.25, -0.2) is 4.98 Å². The van der Waals surface area contributed by atoms with E-state index in [2.05, 4.69) is 16.8 Å². The number of ether oxygens (including phenoxy) is 1. The van der Waals surface area contributed by atoms with E-state index in [4.69, 9.17) is 10.5 Å². The van der Waals surface area contributed by atoms with E-state index in [-0.39, 0.29) is 6.04 Å². The minimum absolute atomic E-state index is 0.179. The minimum atomic E-state index is -0.479. The maximum absolute atomic E-state index is 14.0. The molecule has 1 atom stereocenters. The summed E-state index contributed by atoms with van der Waals surface area (Å²) in [5.74, 6) is 0.167. The van der Waals surface area contributed by atoms with Crippen LogP contribution in [0, 0.1) is 12.9 Å². The zero-order valence-electron chi connectivity index (χ0n) is 12.8. The molecule has 0 bridgehead atoms. The van der Waals surface area contributed by atoms with Gasteiger partial charge in [0.25, 0.3) is 0 Å². The molecule has 0 amide bonds. The molecule has 1 fully saturated rings. The van der Waals surface area contributed by atoms with Crippen molar-refractivity contribution in [3.8, 4) is 11.1 Å². The number of morpholine rings is 1. The summed E-state index contributed by atoms with van der Waals surface area (Å²) in [6, 6.07) is 9.22. The lowest BCUT2D eigenvalue weighted by molar-refractivity contribution is 0.0984. The molecule has 1 aromatic heterocycles. The molecule has 0 radical (unpaired) electrons. The SMILES string of the molecule is Cc1ccc(N)cc1-c1cc(F)nc(N2CCOCC2C)c1.